The summed E-state index contributed by atoms with van der Waals surface area (Å²) in [6.45, 7) is 0.752. The van der Waals surface area contributed by atoms with Crippen LogP contribution in [0.1, 0.15) is 29.9 Å². The van der Waals surface area contributed by atoms with E-state index in [4.69, 9.17) is 4.74 Å². The van der Waals surface area contributed by atoms with Crippen LogP contribution in [0.4, 0.5) is 4.79 Å². The molecular weight excluding hydrogens is 422 g/mol. The fourth-order valence-corrected chi connectivity index (χ4v) is 4.82. The van der Waals surface area contributed by atoms with Crippen molar-refractivity contribution in [2.24, 2.45) is 0 Å². The molecule has 1 saturated heterocycles. The zero-order chi connectivity index (χ0) is 23.5. The van der Waals surface area contributed by atoms with Gasteiger partial charge in [-0.15, -0.1) is 0 Å². The molecule has 174 valence electrons. The topological polar surface area (TPSA) is 99.2 Å². The molecule has 1 unspecified atom stereocenters. The van der Waals surface area contributed by atoms with E-state index in [9.17, 15) is 19.5 Å². The molecule has 2 aromatic carbocycles. The van der Waals surface area contributed by atoms with Gasteiger partial charge in [0.25, 0.3) is 0 Å². The van der Waals surface area contributed by atoms with E-state index in [2.05, 4.69) is 17.4 Å². The van der Waals surface area contributed by atoms with Gasteiger partial charge in [0.15, 0.2) is 0 Å². The number of ether oxygens (including phenoxy) is 1. The predicted molar refractivity (Wildman–Crippen MR) is 123 cm³/mol. The van der Waals surface area contributed by atoms with Crippen LogP contribution >= 0.6 is 0 Å². The maximum absolute atomic E-state index is 13.1. The van der Waals surface area contributed by atoms with E-state index in [0.717, 1.165) is 22.3 Å². The number of aliphatic carboxylic acids is 1. The number of amides is 2. The summed E-state index contributed by atoms with van der Waals surface area (Å²) in [6.07, 6.45) is 0.353. The van der Waals surface area contributed by atoms with E-state index < -0.39 is 30.1 Å². The Morgan fingerprint density at radius 1 is 1.09 bits per heavy atom. The van der Waals surface area contributed by atoms with E-state index in [-0.39, 0.29) is 19.1 Å². The summed E-state index contributed by atoms with van der Waals surface area (Å²) in [5, 5.41) is 12.1. The molecule has 2 N–H and O–H groups in total. The van der Waals surface area contributed by atoms with Crippen LogP contribution in [0.2, 0.25) is 0 Å². The van der Waals surface area contributed by atoms with Gasteiger partial charge in [0, 0.05) is 19.0 Å². The molecule has 1 fully saturated rings. The molecule has 0 spiro atoms. The first-order valence-corrected chi connectivity index (χ1v) is 11.2. The number of nitrogens with one attached hydrogen (secondary N) is 1. The molecule has 1 aliphatic carbocycles. The minimum Gasteiger partial charge on any atom is -0.480 e. The highest BCUT2D eigenvalue weighted by atomic mass is 16.5. The quantitative estimate of drug-likeness (QED) is 0.671. The largest absolute Gasteiger partial charge is 0.480 e. The van der Waals surface area contributed by atoms with Crippen LogP contribution in [0.3, 0.4) is 0 Å². The Kier molecular flexibility index (Phi) is 6.65. The molecule has 2 aliphatic rings. The number of carbonyl (C=O) groups is 3. The average Bonchev–Trinajstić information content (AvgIpc) is 3.40. The van der Waals surface area contributed by atoms with Gasteiger partial charge >= 0.3 is 12.1 Å². The Labute approximate surface area is 193 Å². The molecule has 2 amide bonds. The number of carbonyl (C=O) groups excluding carboxylic acids is 2. The summed E-state index contributed by atoms with van der Waals surface area (Å²) in [6, 6.07) is 14.4. The molecule has 4 rings (SSSR count). The van der Waals surface area contributed by atoms with Crippen molar-refractivity contribution < 1.29 is 24.2 Å². The zero-order valence-electron chi connectivity index (χ0n) is 18.9. The van der Waals surface area contributed by atoms with Gasteiger partial charge in [-0.05, 0) is 49.2 Å². The summed E-state index contributed by atoms with van der Waals surface area (Å²) in [5.41, 5.74) is 4.48. The Balaban J connectivity index is 1.44. The SMILES string of the molecule is CN(C)C[C@H](NC(=O)OCC1c2ccccc2-c2ccccc21)C(=O)N1CCCC1C(=O)O. The van der Waals surface area contributed by atoms with Crippen molar-refractivity contribution in [1.29, 1.82) is 0 Å². The van der Waals surface area contributed by atoms with Crippen molar-refractivity contribution in [1.82, 2.24) is 15.1 Å². The maximum Gasteiger partial charge on any atom is 0.407 e. The molecule has 0 saturated carbocycles. The molecule has 0 radical (unpaired) electrons. The van der Waals surface area contributed by atoms with Gasteiger partial charge in [0.1, 0.15) is 18.7 Å². The molecule has 1 aliphatic heterocycles. The molecule has 0 aromatic heterocycles. The number of benzene rings is 2. The first kappa shape index (κ1) is 22.8. The van der Waals surface area contributed by atoms with Gasteiger partial charge < -0.3 is 25.0 Å². The van der Waals surface area contributed by atoms with Crippen LogP contribution < -0.4 is 5.32 Å². The Morgan fingerprint density at radius 2 is 1.70 bits per heavy atom. The van der Waals surface area contributed by atoms with E-state index in [1.165, 1.54) is 4.90 Å². The van der Waals surface area contributed by atoms with E-state index >= 15 is 0 Å². The lowest BCUT2D eigenvalue weighted by Crippen LogP contribution is -2.55. The lowest BCUT2D eigenvalue weighted by molar-refractivity contribution is -0.149. The first-order chi connectivity index (χ1) is 15.9. The number of likely N-dealkylation sites (N-methyl/N-ethyl adjacent to an activating group) is 1. The summed E-state index contributed by atoms with van der Waals surface area (Å²) in [4.78, 5) is 40.4. The molecule has 8 heteroatoms. The molecule has 33 heavy (non-hydrogen) atoms. The standard InChI is InChI=1S/C25H29N3O5/c1-27(2)14-21(23(29)28-13-7-12-22(28)24(30)31)26-25(32)33-15-20-18-10-5-3-8-16(18)17-9-4-6-11-19(17)20/h3-6,8-11,20-22H,7,12-15H2,1-2H3,(H,26,32)(H,30,31)/t21-,22?/m0/s1. The van der Waals surface area contributed by atoms with Gasteiger partial charge in [-0.3, -0.25) is 4.79 Å². The highest BCUT2D eigenvalue weighted by molar-refractivity contribution is 5.90. The average molecular weight is 452 g/mol. The van der Waals surface area contributed by atoms with Crippen LogP contribution in [0.5, 0.6) is 0 Å². The summed E-state index contributed by atoms with van der Waals surface area (Å²) < 4.78 is 5.58. The summed E-state index contributed by atoms with van der Waals surface area (Å²) in [7, 11) is 3.58. The third kappa shape index (κ3) is 4.71. The first-order valence-electron chi connectivity index (χ1n) is 11.2. The fourth-order valence-electron chi connectivity index (χ4n) is 4.82. The molecular formula is C25H29N3O5. The fraction of sp³-hybridized carbons (Fsp3) is 0.400. The zero-order valence-corrected chi connectivity index (χ0v) is 18.9. The number of alkyl carbamates (subject to hydrolysis) is 1. The van der Waals surface area contributed by atoms with Crippen molar-refractivity contribution in [2.75, 3.05) is 33.8 Å². The third-order valence-electron chi connectivity index (χ3n) is 6.30. The second kappa shape index (κ2) is 9.62. The van der Waals surface area contributed by atoms with E-state index in [1.54, 1.807) is 19.0 Å². The van der Waals surface area contributed by atoms with Crippen LogP contribution in [0, 0.1) is 0 Å². The predicted octanol–water partition coefficient (Wildman–Crippen LogP) is 2.53. The van der Waals surface area contributed by atoms with Gasteiger partial charge in [-0.1, -0.05) is 48.5 Å². The van der Waals surface area contributed by atoms with Gasteiger partial charge in [-0.2, -0.15) is 0 Å². The van der Waals surface area contributed by atoms with E-state index in [0.29, 0.717) is 19.4 Å². The molecule has 1 heterocycles. The molecule has 0 bridgehead atoms. The molecule has 8 nitrogen and oxygen atoms in total. The lowest BCUT2D eigenvalue weighted by atomic mass is 9.98. The van der Waals surface area contributed by atoms with Crippen molar-refractivity contribution in [3.05, 3.63) is 59.7 Å². The number of likely N-dealkylation sites (tertiary alicyclic amines) is 1. The molecule has 2 aromatic rings. The summed E-state index contributed by atoms with van der Waals surface area (Å²) in [5.74, 6) is -1.51. The molecule has 2 atom stereocenters. The van der Waals surface area contributed by atoms with Crippen molar-refractivity contribution in [3.63, 3.8) is 0 Å². The number of carboxylic acid groups (broad SMARTS) is 1. The smallest absolute Gasteiger partial charge is 0.407 e. The number of rotatable bonds is 7. The number of hydrogen-bond acceptors (Lipinski definition) is 5. The number of hydrogen-bond donors (Lipinski definition) is 2. The van der Waals surface area contributed by atoms with E-state index in [1.807, 2.05) is 36.4 Å². The minimum atomic E-state index is -1.02. The highest BCUT2D eigenvalue weighted by Gasteiger charge is 2.38. The lowest BCUT2D eigenvalue weighted by Gasteiger charge is -2.28. The van der Waals surface area contributed by atoms with Crippen LogP contribution in [-0.2, 0) is 14.3 Å². The van der Waals surface area contributed by atoms with Crippen molar-refractivity contribution in [3.8, 4) is 11.1 Å². The van der Waals surface area contributed by atoms with Gasteiger partial charge in [0.05, 0.1) is 0 Å². The van der Waals surface area contributed by atoms with Crippen molar-refractivity contribution in [2.45, 2.75) is 30.8 Å². The normalized spacial score (nSPS) is 18.0. The second-order valence-electron chi connectivity index (χ2n) is 8.81. The summed E-state index contributed by atoms with van der Waals surface area (Å²) >= 11 is 0. The third-order valence-corrected chi connectivity index (χ3v) is 6.30. The Morgan fingerprint density at radius 3 is 2.27 bits per heavy atom. The van der Waals surface area contributed by atoms with Gasteiger partial charge in [-0.25, -0.2) is 9.59 Å². The monoisotopic (exact) mass is 451 g/mol. The maximum atomic E-state index is 13.1. The Bertz CT molecular complexity index is 1010. The van der Waals surface area contributed by atoms with Gasteiger partial charge in [0.2, 0.25) is 5.91 Å². The van der Waals surface area contributed by atoms with Crippen molar-refractivity contribution >= 4 is 18.0 Å². The number of nitrogens with zero attached hydrogens (tertiary/aromatic N) is 2. The second-order valence-corrected chi connectivity index (χ2v) is 8.81. The van der Waals surface area contributed by atoms with Crippen LogP contribution in [0.15, 0.2) is 48.5 Å². The highest BCUT2D eigenvalue weighted by Crippen LogP contribution is 2.44. The van der Waals surface area contributed by atoms with Crippen LogP contribution in [-0.4, -0.2) is 78.8 Å². The number of fused-ring (bicyclic) bond motifs is 3. The number of carboxylic acids is 1. The Hall–Kier alpha value is -3.39. The minimum absolute atomic E-state index is 0.0823. The van der Waals surface area contributed by atoms with Crippen LogP contribution in [0.25, 0.3) is 11.1 Å².